The van der Waals surface area contributed by atoms with Gasteiger partial charge >= 0.3 is 0 Å². The van der Waals surface area contributed by atoms with Crippen LogP contribution in [0.1, 0.15) is 31.2 Å². The molecule has 0 aromatic heterocycles. The lowest BCUT2D eigenvalue weighted by molar-refractivity contribution is 0.371. The summed E-state index contributed by atoms with van der Waals surface area (Å²) >= 11 is 0. The Morgan fingerprint density at radius 2 is 1.89 bits per heavy atom. The molecule has 0 saturated heterocycles. The van der Waals surface area contributed by atoms with Crippen LogP contribution in [0.4, 0.5) is 10.1 Å². The van der Waals surface area contributed by atoms with Crippen molar-refractivity contribution in [3.8, 4) is 6.07 Å². The molecule has 2 rings (SSSR count). The highest BCUT2D eigenvalue weighted by Gasteiger charge is 2.20. The van der Waals surface area contributed by atoms with Gasteiger partial charge in [0.05, 0.1) is 11.3 Å². The third kappa shape index (κ3) is 2.99. The van der Waals surface area contributed by atoms with E-state index < -0.39 is 0 Å². The molecule has 1 aliphatic carbocycles. The number of hydrogen-bond donors (Lipinski definition) is 2. The van der Waals surface area contributed by atoms with Gasteiger partial charge in [0.1, 0.15) is 11.9 Å². The summed E-state index contributed by atoms with van der Waals surface area (Å²) in [6.07, 6.45) is 4.43. The van der Waals surface area contributed by atoms with Crippen molar-refractivity contribution in [1.29, 1.82) is 5.26 Å². The lowest BCUT2D eigenvalue weighted by Gasteiger charge is -2.29. The quantitative estimate of drug-likeness (QED) is 0.863. The summed E-state index contributed by atoms with van der Waals surface area (Å²) in [7, 11) is 1.99. The van der Waals surface area contributed by atoms with Crippen LogP contribution in [0.3, 0.4) is 0 Å². The van der Waals surface area contributed by atoms with Gasteiger partial charge in [-0.05, 0) is 50.9 Å². The fraction of sp³-hybridized carbons (Fsp3) is 0.500. The molecule has 0 bridgehead atoms. The van der Waals surface area contributed by atoms with E-state index in [4.69, 9.17) is 5.26 Å². The van der Waals surface area contributed by atoms with Gasteiger partial charge in [-0.15, -0.1) is 0 Å². The molecule has 1 saturated carbocycles. The first-order valence-corrected chi connectivity index (χ1v) is 6.36. The summed E-state index contributed by atoms with van der Waals surface area (Å²) in [6.45, 7) is 0. The van der Waals surface area contributed by atoms with Crippen molar-refractivity contribution in [1.82, 2.24) is 5.32 Å². The fourth-order valence-electron chi connectivity index (χ4n) is 2.48. The third-order valence-electron chi connectivity index (χ3n) is 3.60. The highest BCUT2D eigenvalue weighted by atomic mass is 19.1. The van der Waals surface area contributed by atoms with E-state index in [1.54, 1.807) is 6.07 Å². The number of anilines is 1. The topological polar surface area (TPSA) is 47.8 Å². The molecule has 0 spiro atoms. The number of rotatable bonds is 3. The molecule has 0 unspecified atom stereocenters. The molecule has 0 amide bonds. The van der Waals surface area contributed by atoms with Crippen LogP contribution in [0.2, 0.25) is 0 Å². The minimum Gasteiger partial charge on any atom is -0.381 e. The van der Waals surface area contributed by atoms with Gasteiger partial charge in [0.15, 0.2) is 0 Å². The van der Waals surface area contributed by atoms with Crippen LogP contribution < -0.4 is 10.6 Å². The van der Waals surface area contributed by atoms with Crippen molar-refractivity contribution in [2.75, 3.05) is 12.4 Å². The lowest BCUT2D eigenvalue weighted by atomic mass is 9.91. The third-order valence-corrected chi connectivity index (χ3v) is 3.60. The van der Waals surface area contributed by atoms with E-state index >= 15 is 0 Å². The van der Waals surface area contributed by atoms with Crippen molar-refractivity contribution in [3.05, 3.63) is 29.6 Å². The monoisotopic (exact) mass is 247 g/mol. The molecule has 1 aromatic rings. The molecule has 1 aliphatic rings. The van der Waals surface area contributed by atoms with E-state index in [9.17, 15) is 4.39 Å². The van der Waals surface area contributed by atoms with Crippen molar-refractivity contribution in [2.24, 2.45) is 0 Å². The maximum Gasteiger partial charge on any atom is 0.124 e. The van der Waals surface area contributed by atoms with Gasteiger partial charge in [-0.1, -0.05) is 0 Å². The molecule has 4 heteroatoms. The van der Waals surface area contributed by atoms with Crippen LogP contribution in [0.5, 0.6) is 0 Å². The van der Waals surface area contributed by atoms with E-state index in [0.717, 1.165) is 31.4 Å². The van der Waals surface area contributed by atoms with Crippen LogP contribution in [0.15, 0.2) is 18.2 Å². The molecule has 96 valence electrons. The van der Waals surface area contributed by atoms with Crippen molar-refractivity contribution in [2.45, 2.75) is 37.8 Å². The molecule has 0 radical (unpaired) electrons. The average Bonchev–Trinajstić information content (AvgIpc) is 2.41. The number of halogens is 1. The van der Waals surface area contributed by atoms with Crippen LogP contribution in [0, 0.1) is 17.1 Å². The minimum atomic E-state index is -0.365. The summed E-state index contributed by atoms with van der Waals surface area (Å²) in [6, 6.07) is 7.34. The Bertz CT molecular complexity index is 445. The Morgan fingerprint density at radius 1 is 1.22 bits per heavy atom. The Balaban J connectivity index is 2.00. The smallest absolute Gasteiger partial charge is 0.124 e. The second-order valence-corrected chi connectivity index (χ2v) is 4.78. The van der Waals surface area contributed by atoms with Crippen molar-refractivity contribution in [3.63, 3.8) is 0 Å². The van der Waals surface area contributed by atoms with E-state index in [1.807, 2.05) is 13.1 Å². The minimum absolute atomic E-state index is 0.365. The highest BCUT2D eigenvalue weighted by Crippen LogP contribution is 2.24. The van der Waals surface area contributed by atoms with Crippen LogP contribution in [0.25, 0.3) is 0 Å². The second-order valence-electron chi connectivity index (χ2n) is 4.78. The summed E-state index contributed by atoms with van der Waals surface area (Å²) in [5, 5.41) is 15.6. The summed E-state index contributed by atoms with van der Waals surface area (Å²) in [5.41, 5.74) is 1.12. The van der Waals surface area contributed by atoms with Gasteiger partial charge < -0.3 is 10.6 Å². The van der Waals surface area contributed by atoms with Gasteiger partial charge in [0.25, 0.3) is 0 Å². The SMILES string of the molecule is CNC1CCC(Nc2ccc(F)cc2C#N)CC1. The van der Waals surface area contributed by atoms with E-state index in [2.05, 4.69) is 10.6 Å². The Morgan fingerprint density at radius 3 is 2.50 bits per heavy atom. The first-order valence-electron chi connectivity index (χ1n) is 6.36. The van der Waals surface area contributed by atoms with Crippen LogP contribution in [-0.2, 0) is 0 Å². The van der Waals surface area contributed by atoms with Gasteiger partial charge in [0, 0.05) is 12.1 Å². The first kappa shape index (κ1) is 12.8. The van der Waals surface area contributed by atoms with E-state index in [0.29, 0.717) is 17.6 Å². The lowest BCUT2D eigenvalue weighted by Crippen LogP contribution is -2.35. The molecule has 0 heterocycles. The molecule has 1 aromatic carbocycles. The van der Waals surface area contributed by atoms with Crippen molar-refractivity contribution < 1.29 is 4.39 Å². The van der Waals surface area contributed by atoms with Gasteiger partial charge in [0.2, 0.25) is 0 Å². The predicted molar refractivity (Wildman–Crippen MR) is 69.8 cm³/mol. The van der Waals surface area contributed by atoms with E-state index in [1.165, 1.54) is 12.1 Å². The number of nitrogens with one attached hydrogen (secondary N) is 2. The zero-order chi connectivity index (χ0) is 13.0. The molecule has 3 nitrogen and oxygen atoms in total. The maximum absolute atomic E-state index is 13.0. The van der Waals surface area contributed by atoms with Gasteiger partial charge in [-0.3, -0.25) is 0 Å². The molecule has 0 atom stereocenters. The van der Waals surface area contributed by atoms with Gasteiger partial charge in [-0.2, -0.15) is 5.26 Å². The number of nitriles is 1. The van der Waals surface area contributed by atoms with Crippen molar-refractivity contribution >= 4 is 5.69 Å². The highest BCUT2D eigenvalue weighted by molar-refractivity contribution is 5.57. The zero-order valence-corrected chi connectivity index (χ0v) is 10.5. The molecule has 0 aliphatic heterocycles. The van der Waals surface area contributed by atoms with Gasteiger partial charge in [-0.25, -0.2) is 4.39 Å². The largest absolute Gasteiger partial charge is 0.381 e. The molecule has 18 heavy (non-hydrogen) atoms. The van der Waals surface area contributed by atoms with Crippen LogP contribution >= 0.6 is 0 Å². The Labute approximate surface area is 107 Å². The first-order chi connectivity index (χ1) is 8.72. The summed E-state index contributed by atoms with van der Waals surface area (Å²) < 4.78 is 13.0. The number of hydrogen-bond acceptors (Lipinski definition) is 3. The molecular formula is C14H18FN3. The zero-order valence-electron chi connectivity index (χ0n) is 10.5. The number of benzene rings is 1. The maximum atomic E-state index is 13.0. The van der Waals surface area contributed by atoms with E-state index in [-0.39, 0.29) is 5.82 Å². The summed E-state index contributed by atoms with van der Waals surface area (Å²) in [5.74, 6) is -0.365. The number of nitrogens with zero attached hydrogens (tertiary/aromatic N) is 1. The predicted octanol–water partition coefficient (Wildman–Crippen LogP) is 2.64. The average molecular weight is 247 g/mol. The Hall–Kier alpha value is -1.60. The fourth-order valence-corrected chi connectivity index (χ4v) is 2.48. The molecular weight excluding hydrogens is 229 g/mol. The van der Waals surface area contributed by atoms with Crippen LogP contribution in [-0.4, -0.2) is 19.1 Å². The summed E-state index contributed by atoms with van der Waals surface area (Å²) in [4.78, 5) is 0. The normalized spacial score (nSPS) is 23.4. The molecule has 1 fully saturated rings. The standard InChI is InChI=1S/C14H18FN3/c1-17-12-3-5-13(6-4-12)18-14-7-2-11(15)8-10(14)9-16/h2,7-8,12-13,17-18H,3-6H2,1H3. The molecule has 2 N–H and O–H groups in total. The Kier molecular flexibility index (Phi) is 4.16. The second kappa shape index (κ2) is 5.83.